The molecule has 1 aliphatic carbocycles. The molecule has 1 fully saturated rings. The van der Waals surface area contributed by atoms with Gasteiger partial charge >= 0.3 is 0 Å². The largest absolute Gasteiger partial charge is 0.493 e. The molecule has 0 bridgehead atoms. The van der Waals surface area contributed by atoms with Gasteiger partial charge in [0.1, 0.15) is 0 Å². The fraction of sp³-hybridized carbons (Fsp3) is 0.571. The van der Waals surface area contributed by atoms with Crippen molar-refractivity contribution >= 4 is 11.6 Å². The number of ether oxygens (including phenoxy) is 2. The molecule has 0 unspecified atom stereocenters. The molecule has 4 heteroatoms. The third-order valence-electron chi connectivity index (χ3n) is 4.00. The van der Waals surface area contributed by atoms with E-state index in [1.54, 1.807) is 14.2 Å². The van der Waals surface area contributed by atoms with Gasteiger partial charge in [-0.3, -0.25) is 0 Å². The lowest BCUT2D eigenvalue weighted by molar-refractivity contribution is 0.352. The van der Waals surface area contributed by atoms with Crippen LogP contribution in [0.1, 0.15) is 31.2 Å². The smallest absolute Gasteiger partial charge is 0.162 e. The van der Waals surface area contributed by atoms with E-state index < -0.39 is 0 Å². The first-order valence-electron chi connectivity index (χ1n) is 6.29. The fourth-order valence-electron chi connectivity index (χ4n) is 2.90. The summed E-state index contributed by atoms with van der Waals surface area (Å²) in [5.41, 5.74) is 7.11. The Morgan fingerprint density at radius 3 is 2.22 bits per heavy atom. The van der Waals surface area contributed by atoms with Crippen molar-refractivity contribution in [2.45, 2.75) is 31.1 Å². The van der Waals surface area contributed by atoms with Gasteiger partial charge in [0.25, 0.3) is 0 Å². The molecule has 0 spiro atoms. The molecule has 1 aromatic rings. The normalized spacial score (nSPS) is 17.8. The Hall–Kier alpha value is -0.930. The Balaban J connectivity index is 2.50. The van der Waals surface area contributed by atoms with Crippen LogP contribution < -0.4 is 15.2 Å². The minimum Gasteiger partial charge on any atom is -0.493 e. The van der Waals surface area contributed by atoms with E-state index in [9.17, 15) is 0 Å². The summed E-state index contributed by atoms with van der Waals surface area (Å²) < 4.78 is 10.6. The summed E-state index contributed by atoms with van der Waals surface area (Å²) in [5.74, 6) is 1.38. The third-order valence-corrected chi connectivity index (χ3v) is 4.31. The van der Waals surface area contributed by atoms with Crippen molar-refractivity contribution in [1.82, 2.24) is 0 Å². The summed E-state index contributed by atoms with van der Waals surface area (Å²) in [5, 5.41) is 0.722. The zero-order valence-corrected chi connectivity index (χ0v) is 11.7. The maximum Gasteiger partial charge on any atom is 0.162 e. The molecular formula is C14H20ClNO2. The van der Waals surface area contributed by atoms with Gasteiger partial charge in [-0.15, -0.1) is 0 Å². The van der Waals surface area contributed by atoms with Crippen LogP contribution in [-0.2, 0) is 5.41 Å². The Labute approximate surface area is 113 Å². The van der Waals surface area contributed by atoms with Crippen LogP contribution >= 0.6 is 11.6 Å². The minimum atomic E-state index is 0.0106. The van der Waals surface area contributed by atoms with Crippen molar-refractivity contribution in [3.63, 3.8) is 0 Å². The number of methoxy groups -OCH3 is 2. The Bertz CT molecular complexity index is 428. The van der Waals surface area contributed by atoms with E-state index in [-0.39, 0.29) is 5.41 Å². The van der Waals surface area contributed by atoms with E-state index in [1.807, 2.05) is 12.1 Å². The van der Waals surface area contributed by atoms with Gasteiger partial charge in [0.05, 0.1) is 14.2 Å². The van der Waals surface area contributed by atoms with Gasteiger partial charge in [-0.1, -0.05) is 24.4 Å². The van der Waals surface area contributed by atoms with Crippen molar-refractivity contribution in [1.29, 1.82) is 0 Å². The molecule has 1 aliphatic rings. The predicted octanol–water partition coefficient (Wildman–Crippen LogP) is 3.13. The van der Waals surface area contributed by atoms with Crippen LogP contribution in [0.4, 0.5) is 0 Å². The quantitative estimate of drug-likeness (QED) is 0.913. The van der Waals surface area contributed by atoms with Crippen LogP contribution in [0.2, 0.25) is 5.02 Å². The Kier molecular flexibility index (Phi) is 4.03. The summed E-state index contributed by atoms with van der Waals surface area (Å²) in [6, 6.07) is 3.81. The first-order valence-corrected chi connectivity index (χ1v) is 6.67. The molecule has 1 aromatic carbocycles. The first kappa shape index (κ1) is 13.5. The highest BCUT2D eigenvalue weighted by molar-refractivity contribution is 6.31. The van der Waals surface area contributed by atoms with E-state index in [0.717, 1.165) is 29.2 Å². The van der Waals surface area contributed by atoms with Gasteiger partial charge in [0.15, 0.2) is 11.5 Å². The lowest BCUT2D eigenvalue weighted by atomic mass is 9.79. The van der Waals surface area contributed by atoms with Gasteiger partial charge in [-0.2, -0.15) is 0 Å². The average Bonchev–Trinajstić information content (AvgIpc) is 2.88. The van der Waals surface area contributed by atoms with Gasteiger partial charge in [-0.05, 0) is 24.5 Å². The van der Waals surface area contributed by atoms with Gasteiger partial charge in [0.2, 0.25) is 0 Å². The standard InChI is InChI=1S/C14H20ClNO2/c1-17-12-7-10(11(15)8-13(12)18-2)14(9-16)5-3-4-6-14/h7-8H,3-6,9,16H2,1-2H3. The van der Waals surface area contributed by atoms with E-state index in [2.05, 4.69) is 0 Å². The maximum absolute atomic E-state index is 6.39. The molecule has 1 saturated carbocycles. The van der Waals surface area contributed by atoms with Gasteiger partial charge in [0, 0.05) is 23.0 Å². The van der Waals surface area contributed by atoms with Crippen LogP contribution in [0.3, 0.4) is 0 Å². The summed E-state index contributed by atoms with van der Waals surface area (Å²) in [4.78, 5) is 0. The van der Waals surface area contributed by atoms with Crippen molar-refractivity contribution in [2.75, 3.05) is 20.8 Å². The second-order valence-corrected chi connectivity index (χ2v) is 5.29. The maximum atomic E-state index is 6.39. The second kappa shape index (κ2) is 5.37. The molecule has 3 nitrogen and oxygen atoms in total. The lowest BCUT2D eigenvalue weighted by Gasteiger charge is -2.29. The molecule has 0 saturated heterocycles. The number of hydrogen-bond donors (Lipinski definition) is 1. The van der Waals surface area contributed by atoms with E-state index >= 15 is 0 Å². The van der Waals surface area contributed by atoms with Crippen molar-refractivity contribution in [3.8, 4) is 11.5 Å². The third kappa shape index (κ3) is 2.17. The minimum absolute atomic E-state index is 0.0106. The monoisotopic (exact) mass is 269 g/mol. The zero-order chi connectivity index (χ0) is 13.2. The number of hydrogen-bond acceptors (Lipinski definition) is 3. The van der Waals surface area contributed by atoms with Gasteiger partial charge in [-0.25, -0.2) is 0 Å². The molecule has 0 radical (unpaired) electrons. The highest BCUT2D eigenvalue weighted by Gasteiger charge is 2.36. The predicted molar refractivity (Wildman–Crippen MR) is 73.8 cm³/mol. The SMILES string of the molecule is COc1cc(Cl)c(C2(CN)CCCC2)cc1OC. The summed E-state index contributed by atoms with van der Waals surface area (Å²) in [7, 11) is 3.25. The van der Waals surface area contributed by atoms with E-state index in [1.165, 1.54) is 12.8 Å². The summed E-state index contributed by atoms with van der Waals surface area (Å²) >= 11 is 6.39. The van der Waals surface area contributed by atoms with Crippen LogP contribution in [-0.4, -0.2) is 20.8 Å². The average molecular weight is 270 g/mol. The topological polar surface area (TPSA) is 44.5 Å². The lowest BCUT2D eigenvalue weighted by Crippen LogP contribution is -2.32. The summed E-state index contributed by atoms with van der Waals surface area (Å²) in [6.45, 7) is 0.627. The molecule has 0 heterocycles. The Morgan fingerprint density at radius 1 is 1.17 bits per heavy atom. The van der Waals surface area contributed by atoms with Crippen molar-refractivity contribution < 1.29 is 9.47 Å². The van der Waals surface area contributed by atoms with Crippen LogP contribution in [0.5, 0.6) is 11.5 Å². The molecular weight excluding hydrogens is 250 g/mol. The first-order chi connectivity index (χ1) is 8.66. The Morgan fingerprint density at radius 2 is 1.72 bits per heavy atom. The molecule has 2 rings (SSSR count). The number of nitrogens with two attached hydrogens (primary N) is 1. The van der Waals surface area contributed by atoms with Gasteiger partial charge < -0.3 is 15.2 Å². The highest BCUT2D eigenvalue weighted by atomic mass is 35.5. The summed E-state index contributed by atoms with van der Waals surface area (Å²) in [6.07, 6.45) is 4.61. The number of benzene rings is 1. The molecule has 100 valence electrons. The molecule has 0 aromatic heterocycles. The van der Waals surface area contributed by atoms with Crippen LogP contribution in [0.25, 0.3) is 0 Å². The molecule has 2 N–H and O–H groups in total. The molecule has 0 aliphatic heterocycles. The van der Waals surface area contributed by atoms with Crippen LogP contribution in [0, 0.1) is 0 Å². The molecule has 0 amide bonds. The second-order valence-electron chi connectivity index (χ2n) is 4.88. The van der Waals surface area contributed by atoms with Crippen molar-refractivity contribution in [2.24, 2.45) is 5.73 Å². The van der Waals surface area contributed by atoms with E-state index in [4.69, 9.17) is 26.8 Å². The fourth-order valence-corrected chi connectivity index (χ4v) is 3.25. The van der Waals surface area contributed by atoms with E-state index in [0.29, 0.717) is 12.3 Å². The highest BCUT2D eigenvalue weighted by Crippen LogP contribution is 2.46. The molecule has 18 heavy (non-hydrogen) atoms. The number of halogens is 1. The number of rotatable bonds is 4. The molecule has 0 atom stereocenters. The van der Waals surface area contributed by atoms with Crippen LogP contribution in [0.15, 0.2) is 12.1 Å². The van der Waals surface area contributed by atoms with Crippen molar-refractivity contribution in [3.05, 3.63) is 22.7 Å². The zero-order valence-electron chi connectivity index (χ0n) is 11.0.